The summed E-state index contributed by atoms with van der Waals surface area (Å²) in [7, 11) is 1.59. The van der Waals surface area contributed by atoms with Crippen LogP contribution in [0.3, 0.4) is 0 Å². The number of nitrogens with one attached hydrogen (secondary N) is 1. The van der Waals surface area contributed by atoms with E-state index in [1.54, 1.807) is 18.2 Å². The molecule has 1 atom stereocenters. The second-order valence-electron chi connectivity index (χ2n) is 6.51. The fourth-order valence-electron chi connectivity index (χ4n) is 3.42. The lowest BCUT2D eigenvalue weighted by Crippen LogP contribution is -2.36. The number of hydrogen-bond donors (Lipinski definition) is 1. The van der Waals surface area contributed by atoms with Crippen LogP contribution in [-0.2, 0) is 4.79 Å². The average molecular weight is 364 g/mol. The summed E-state index contributed by atoms with van der Waals surface area (Å²) in [6.45, 7) is 0.873. The summed E-state index contributed by atoms with van der Waals surface area (Å²) in [4.78, 5) is 30.0. The summed E-state index contributed by atoms with van der Waals surface area (Å²) < 4.78 is 11.3. The van der Waals surface area contributed by atoms with Gasteiger partial charge in [-0.25, -0.2) is 0 Å². The smallest absolute Gasteiger partial charge is 0.295 e. The number of aromatic nitrogens is 1. The van der Waals surface area contributed by atoms with Crippen molar-refractivity contribution in [3.8, 4) is 11.5 Å². The van der Waals surface area contributed by atoms with Crippen molar-refractivity contribution in [2.45, 2.75) is 12.5 Å². The number of benzene rings is 2. The molecule has 1 aliphatic heterocycles. The fourth-order valence-corrected chi connectivity index (χ4v) is 3.42. The highest BCUT2D eigenvalue weighted by molar-refractivity contribution is 6.44. The first-order chi connectivity index (χ1) is 13.2. The molecule has 1 unspecified atom stereocenters. The molecule has 6 nitrogen and oxygen atoms in total. The molecule has 1 aliphatic rings. The van der Waals surface area contributed by atoms with E-state index in [1.165, 1.54) is 0 Å². The van der Waals surface area contributed by atoms with E-state index in [-0.39, 0.29) is 6.10 Å². The van der Waals surface area contributed by atoms with E-state index in [4.69, 9.17) is 9.47 Å². The van der Waals surface area contributed by atoms with Gasteiger partial charge in [-0.05, 0) is 18.2 Å². The maximum atomic E-state index is 12.7. The van der Waals surface area contributed by atoms with Crippen molar-refractivity contribution in [3.63, 3.8) is 0 Å². The molecule has 0 radical (unpaired) electrons. The average Bonchev–Trinajstić information content (AvgIpc) is 3.34. The zero-order chi connectivity index (χ0) is 18.8. The Labute approximate surface area is 156 Å². The minimum absolute atomic E-state index is 0.166. The van der Waals surface area contributed by atoms with Crippen LogP contribution in [0.4, 0.5) is 0 Å². The minimum Gasteiger partial charge on any atom is -0.493 e. The molecule has 0 saturated carbocycles. The number of H-pyrrole nitrogens is 1. The molecule has 138 valence electrons. The van der Waals surface area contributed by atoms with Crippen molar-refractivity contribution in [2.75, 3.05) is 20.2 Å². The van der Waals surface area contributed by atoms with Gasteiger partial charge in [0.05, 0.1) is 19.2 Å². The number of para-hydroxylation sites is 3. The van der Waals surface area contributed by atoms with Gasteiger partial charge in [0.15, 0.2) is 11.5 Å². The normalized spacial score (nSPS) is 16.5. The highest BCUT2D eigenvalue weighted by Crippen LogP contribution is 2.29. The van der Waals surface area contributed by atoms with Gasteiger partial charge in [-0.2, -0.15) is 0 Å². The van der Waals surface area contributed by atoms with Gasteiger partial charge in [-0.15, -0.1) is 0 Å². The first-order valence-electron chi connectivity index (χ1n) is 8.87. The predicted molar refractivity (Wildman–Crippen MR) is 101 cm³/mol. The number of ether oxygens (including phenoxy) is 2. The first-order valence-corrected chi connectivity index (χ1v) is 8.87. The van der Waals surface area contributed by atoms with Gasteiger partial charge in [0.2, 0.25) is 0 Å². The summed E-state index contributed by atoms with van der Waals surface area (Å²) in [6, 6.07) is 14.9. The van der Waals surface area contributed by atoms with Crippen LogP contribution < -0.4 is 9.47 Å². The van der Waals surface area contributed by atoms with Crippen molar-refractivity contribution in [1.82, 2.24) is 9.88 Å². The van der Waals surface area contributed by atoms with Crippen LogP contribution in [-0.4, -0.2) is 47.9 Å². The number of ketones is 1. The Kier molecular flexibility index (Phi) is 4.54. The number of hydrogen-bond acceptors (Lipinski definition) is 4. The molecule has 0 aliphatic carbocycles. The molecule has 3 aromatic rings. The molecule has 1 aromatic heterocycles. The van der Waals surface area contributed by atoms with Crippen molar-refractivity contribution >= 4 is 22.6 Å². The summed E-state index contributed by atoms with van der Waals surface area (Å²) in [5.41, 5.74) is 1.25. The highest BCUT2D eigenvalue weighted by Gasteiger charge is 2.32. The first kappa shape index (κ1) is 17.1. The summed E-state index contributed by atoms with van der Waals surface area (Å²) in [5, 5.41) is 0.761. The van der Waals surface area contributed by atoms with Gasteiger partial charge in [0, 0.05) is 30.1 Å². The molecule has 0 bridgehead atoms. The predicted octanol–water partition coefficient (Wildman–Crippen LogP) is 3.04. The van der Waals surface area contributed by atoms with Gasteiger partial charge >= 0.3 is 0 Å². The third-order valence-corrected chi connectivity index (χ3v) is 4.82. The van der Waals surface area contributed by atoms with E-state index in [0.717, 1.165) is 10.9 Å². The van der Waals surface area contributed by atoms with Crippen molar-refractivity contribution in [3.05, 3.63) is 60.3 Å². The monoisotopic (exact) mass is 364 g/mol. The lowest BCUT2D eigenvalue weighted by atomic mass is 10.1. The molecule has 1 N–H and O–H groups in total. The maximum absolute atomic E-state index is 12.7. The Morgan fingerprint density at radius 1 is 1.07 bits per heavy atom. The van der Waals surface area contributed by atoms with Crippen LogP contribution in [0.25, 0.3) is 10.9 Å². The standard InChI is InChI=1S/C21H20N2O4/c1-26-18-8-4-5-9-19(18)27-14-10-11-23(13-14)21(25)20(24)16-12-22-17-7-3-2-6-15(16)17/h2-9,12,14,22H,10-11,13H2,1H3. The van der Waals surface area contributed by atoms with Crippen LogP contribution in [0.15, 0.2) is 54.7 Å². The summed E-state index contributed by atoms with van der Waals surface area (Å²) in [5.74, 6) is 0.302. The van der Waals surface area contributed by atoms with Crippen LogP contribution in [0.1, 0.15) is 16.8 Å². The molecule has 27 heavy (non-hydrogen) atoms. The number of Topliss-reactive ketones (excluding diaryl/α,β-unsaturated/α-hetero) is 1. The Balaban J connectivity index is 1.45. The molecule has 2 aromatic carbocycles. The molecule has 2 heterocycles. The molecule has 1 fully saturated rings. The van der Waals surface area contributed by atoms with Crippen molar-refractivity contribution in [1.29, 1.82) is 0 Å². The van der Waals surface area contributed by atoms with E-state index in [0.29, 0.717) is 36.6 Å². The van der Waals surface area contributed by atoms with E-state index in [2.05, 4.69) is 4.98 Å². The molecular formula is C21H20N2O4. The zero-order valence-electron chi connectivity index (χ0n) is 15.0. The Bertz CT molecular complexity index is 995. The van der Waals surface area contributed by atoms with Crippen molar-refractivity contribution < 1.29 is 19.1 Å². The van der Waals surface area contributed by atoms with Crippen LogP contribution in [0.2, 0.25) is 0 Å². The largest absolute Gasteiger partial charge is 0.493 e. The Morgan fingerprint density at radius 2 is 1.81 bits per heavy atom. The lowest BCUT2D eigenvalue weighted by Gasteiger charge is -2.17. The number of methoxy groups -OCH3 is 1. The van der Waals surface area contributed by atoms with Crippen LogP contribution in [0.5, 0.6) is 11.5 Å². The van der Waals surface area contributed by atoms with Gasteiger partial charge in [-0.1, -0.05) is 30.3 Å². The van der Waals surface area contributed by atoms with Crippen LogP contribution >= 0.6 is 0 Å². The molecule has 0 spiro atoms. The number of nitrogens with zero attached hydrogens (tertiary/aromatic N) is 1. The molecular weight excluding hydrogens is 344 g/mol. The topological polar surface area (TPSA) is 71.6 Å². The number of aromatic amines is 1. The van der Waals surface area contributed by atoms with E-state index >= 15 is 0 Å². The van der Waals surface area contributed by atoms with Gasteiger partial charge in [-0.3, -0.25) is 9.59 Å². The highest BCUT2D eigenvalue weighted by atomic mass is 16.5. The van der Waals surface area contributed by atoms with Crippen LogP contribution in [0, 0.1) is 0 Å². The number of fused-ring (bicyclic) bond motifs is 1. The maximum Gasteiger partial charge on any atom is 0.295 e. The SMILES string of the molecule is COc1ccccc1OC1CCN(C(=O)C(=O)c2c[nH]c3ccccc23)C1. The van der Waals surface area contributed by atoms with Gasteiger partial charge in [0.25, 0.3) is 11.7 Å². The number of carbonyl (C=O) groups excluding carboxylic acids is 2. The summed E-state index contributed by atoms with van der Waals surface area (Å²) in [6.07, 6.45) is 2.11. The molecule has 4 rings (SSSR count). The third kappa shape index (κ3) is 3.26. The Morgan fingerprint density at radius 3 is 2.63 bits per heavy atom. The quantitative estimate of drug-likeness (QED) is 0.558. The number of carbonyl (C=O) groups is 2. The number of amides is 1. The molecule has 6 heteroatoms. The minimum atomic E-state index is -0.495. The lowest BCUT2D eigenvalue weighted by molar-refractivity contribution is -0.125. The summed E-state index contributed by atoms with van der Waals surface area (Å²) >= 11 is 0. The fraction of sp³-hybridized carbons (Fsp3) is 0.238. The number of rotatable bonds is 5. The number of likely N-dealkylation sites (tertiary alicyclic amines) is 1. The van der Waals surface area contributed by atoms with Crippen molar-refractivity contribution in [2.24, 2.45) is 0 Å². The third-order valence-electron chi connectivity index (χ3n) is 4.82. The molecule has 1 amide bonds. The van der Waals surface area contributed by atoms with Gasteiger partial charge in [0.1, 0.15) is 6.10 Å². The van der Waals surface area contributed by atoms with E-state index in [9.17, 15) is 9.59 Å². The second-order valence-corrected chi connectivity index (χ2v) is 6.51. The second kappa shape index (κ2) is 7.15. The van der Waals surface area contributed by atoms with Gasteiger partial charge < -0.3 is 19.4 Å². The molecule has 1 saturated heterocycles. The Hall–Kier alpha value is -3.28. The zero-order valence-corrected chi connectivity index (χ0v) is 15.0. The van der Waals surface area contributed by atoms with E-state index < -0.39 is 11.7 Å². The van der Waals surface area contributed by atoms with E-state index in [1.807, 2.05) is 48.5 Å².